The molecule has 0 bridgehead atoms. The van der Waals surface area contributed by atoms with Crippen LogP contribution in [0.5, 0.6) is 0 Å². The van der Waals surface area contributed by atoms with Gasteiger partial charge in [-0.2, -0.15) is 0 Å². The second-order valence-corrected chi connectivity index (χ2v) is 6.83. The first kappa shape index (κ1) is 15.2. The third-order valence-corrected chi connectivity index (χ3v) is 4.93. The van der Waals surface area contributed by atoms with Crippen LogP contribution in [0.1, 0.15) is 18.4 Å². The van der Waals surface area contributed by atoms with Gasteiger partial charge in [-0.1, -0.05) is 29.8 Å². The van der Waals surface area contributed by atoms with Gasteiger partial charge in [0.05, 0.1) is 5.69 Å². The van der Waals surface area contributed by atoms with Crippen LogP contribution in [0.15, 0.2) is 29.6 Å². The summed E-state index contributed by atoms with van der Waals surface area (Å²) in [6.07, 6.45) is 1.86. The smallest absolute Gasteiger partial charge is 0.229 e. The fourth-order valence-corrected chi connectivity index (χ4v) is 3.39. The molecule has 0 saturated carbocycles. The van der Waals surface area contributed by atoms with E-state index in [0.717, 1.165) is 37.2 Å². The Kier molecular flexibility index (Phi) is 4.55. The van der Waals surface area contributed by atoms with Gasteiger partial charge in [0, 0.05) is 16.9 Å². The largest absolute Gasteiger partial charge is 0.306 e. The monoisotopic (exact) mass is 315 g/mol. The Balaban J connectivity index is 1.64. The van der Waals surface area contributed by atoms with Gasteiger partial charge in [0.2, 0.25) is 5.91 Å². The van der Waals surface area contributed by atoms with Crippen LogP contribution in [0.4, 0.5) is 5.13 Å². The van der Waals surface area contributed by atoms with Crippen molar-refractivity contribution in [3.8, 4) is 11.3 Å². The molecule has 0 unspecified atom stereocenters. The van der Waals surface area contributed by atoms with Crippen LogP contribution in [0, 0.1) is 12.8 Å². The molecular weight excluding hydrogens is 294 g/mol. The first-order valence-electron chi connectivity index (χ1n) is 7.64. The molecule has 1 aromatic heterocycles. The number of nitrogens with zero attached hydrogens (tertiary/aromatic N) is 2. The maximum atomic E-state index is 12.3. The minimum absolute atomic E-state index is 0.109. The Bertz CT molecular complexity index is 642. The van der Waals surface area contributed by atoms with E-state index in [-0.39, 0.29) is 11.8 Å². The van der Waals surface area contributed by atoms with E-state index in [1.54, 1.807) is 0 Å². The molecule has 116 valence electrons. The van der Waals surface area contributed by atoms with E-state index in [9.17, 15) is 4.79 Å². The topological polar surface area (TPSA) is 45.2 Å². The Morgan fingerprint density at radius 1 is 1.27 bits per heavy atom. The molecule has 0 aliphatic carbocycles. The number of anilines is 1. The number of likely N-dealkylation sites (tertiary alicyclic amines) is 1. The SMILES string of the molecule is Cc1ccc(-c2csc(NC(=O)C3CCN(C)CC3)n2)cc1. The molecule has 1 amide bonds. The summed E-state index contributed by atoms with van der Waals surface area (Å²) in [6.45, 7) is 4.05. The highest BCUT2D eigenvalue weighted by Gasteiger charge is 2.24. The summed E-state index contributed by atoms with van der Waals surface area (Å²) in [5.74, 6) is 0.223. The predicted octanol–water partition coefficient (Wildman–Crippen LogP) is 3.40. The Labute approximate surface area is 135 Å². The number of piperidine rings is 1. The number of hydrogen-bond donors (Lipinski definition) is 1. The third kappa shape index (κ3) is 3.54. The van der Waals surface area contributed by atoms with E-state index >= 15 is 0 Å². The van der Waals surface area contributed by atoms with Crippen molar-refractivity contribution >= 4 is 22.4 Å². The van der Waals surface area contributed by atoms with Crippen LogP contribution >= 0.6 is 11.3 Å². The molecule has 1 aliphatic heterocycles. The Hall–Kier alpha value is -1.72. The molecule has 0 spiro atoms. The highest BCUT2D eigenvalue weighted by molar-refractivity contribution is 7.14. The van der Waals surface area contributed by atoms with Crippen LogP contribution < -0.4 is 5.32 Å². The third-order valence-electron chi connectivity index (χ3n) is 4.17. The van der Waals surface area contributed by atoms with Gasteiger partial charge in [0.25, 0.3) is 0 Å². The highest BCUT2D eigenvalue weighted by Crippen LogP contribution is 2.26. The molecule has 3 rings (SSSR count). The molecule has 1 aromatic carbocycles. The summed E-state index contributed by atoms with van der Waals surface area (Å²) < 4.78 is 0. The lowest BCUT2D eigenvalue weighted by Crippen LogP contribution is -2.35. The van der Waals surface area contributed by atoms with Crippen molar-refractivity contribution in [3.05, 3.63) is 35.2 Å². The van der Waals surface area contributed by atoms with Crippen molar-refractivity contribution in [2.45, 2.75) is 19.8 Å². The quantitative estimate of drug-likeness (QED) is 0.944. The van der Waals surface area contributed by atoms with Gasteiger partial charge in [-0.15, -0.1) is 11.3 Å². The summed E-state index contributed by atoms with van der Waals surface area (Å²) in [5, 5.41) is 5.67. The molecule has 1 aliphatic rings. The van der Waals surface area contributed by atoms with Crippen LogP contribution in [0.2, 0.25) is 0 Å². The second-order valence-electron chi connectivity index (χ2n) is 5.97. The fourth-order valence-electron chi connectivity index (χ4n) is 2.67. The van der Waals surface area contributed by atoms with E-state index in [1.165, 1.54) is 16.9 Å². The standard InChI is InChI=1S/C17H21N3OS/c1-12-3-5-13(6-4-12)15-11-22-17(18-15)19-16(21)14-7-9-20(2)10-8-14/h3-6,11,14H,7-10H2,1-2H3,(H,18,19,21). The van der Waals surface area contributed by atoms with Crippen molar-refractivity contribution in [1.82, 2.24) is 9.88 Å². The molecule has 22 heavy (non-hydrogen) atoms. The molecule has 1 N–H and O–H groups in total. The van der Waals surface area contributed by atoms with E-state index in [2.05, 4.69) is 53.4 Å². The van der Waals surface area contributed by atoms with Gasteiger partial charge in [-0.25, -0.2) is 4.98 Å². The number of rotatable bonds is 3. The van der Waals surface area contributed by atoms with E-state index in [4.69, 9.17) is 0 Å². The summed E-state index contributed by atoms with van der Waals surface area (Å²) in [7, 11) is 2.10. The predicted molar refractivity (Wildman–Crippen MR) is 91.1 cm³/mol. The number of nitrogens with one attached hydrogen (secondary N) is 1. The van der Waals surface area contributed by atoms with E-state index in [0.29, 0.717) is 5.13 Å². The summed E-state index contributed by atoms with van der Waals surface area (Å²) in [6, 6.07) is 8.27. The molecule has 1 saturated heterocycles. The average Bonchev–Trinajstić information content (AvgIpc) is 2.97. The molecule has 0 atom stereocenters. The molecule has 0 radical (unpaired) electrons. The van der Waals surface area contributed by atoms with Crippen molar-refractivity contribution in [3.63, 3.8) is 0 Å². The fraction of sp³-hybridized carbons (Fsp3) is 0.412. The van der Waals surface area contributed by atoms with Gasteiger partial charge in [0.1, 0.15) is 0 Å². The summed E-state index contributed by atoms with van der Waals surface area (Å²) >= 11 is 1.49. The van der Waals surface area contributed by atoms with Gasteiger partial charge >= 0.3 is 0 Å². The molecule has 5 heteroatoms. The summed E-state index contributed by atoms with van der Waals surface area (Å²) in [4.78, 5) is 19.1. The molecule has 1 fully saturated rings. The zero-order valence-corrected chi connectivity index (χ0v) is 13.8. The normalized spacial score (nSPS) is 16.6. The first-order chi connectivity index (χ1) is 10.6. The molecule has 2 heterocycles. The van der Waals surface area contributed by atoms with Crippen LogP contribution in [0.25, 0.3) is 11.3 Å². The van der Waals surface area contributed by atoms with Crippen LogP contribution in [0.3, 0.4) is 0 Å². The Morgan fingerprint density at radius 2 is 1.95 bits per heavy atom. The zero-order valence-electron chi connectivity index (χ0n) is 13.0. The average molecular weight is 315 g/mol. The highest BCUT2D eigenvalue weighted by atomic mass is 32.1. The van der Waals surface area contributed by atoms with Crippen LogP contribution in [-0.4, -0.2) is 35.9 Å². The minimum atomic E-state index is 0.109. The van der Waals surface area contributed by atoms with Crippen molar-refractivity contribution in [2.75, 3.05) is 25.5 Å². The zero-order chi connectivity index (χ0) is 15.5. The lowest BCUT2D eigenvalue weighted by atomic mass is 9.96. The number of hydrogen-bond acceptors (Lipinski definition) is 4. The van der Waals surface area contributed by atoms with E-state index < -0.39 is 0 Å². The van der Waals surface area contributed by atoms with E-state index in [1.807, 2.05) is 5.38 Å². The van der Waals surface area contributed by atoms with Crippen LogP contribution in [-0.2, 0) is 4.79 Å². The number of carbonyl (C=O) groups excluding carboxylic acids is 1. The molecule has 4 nitrogen and oxygen atoms in total. The number of aromatic nitrogens is 1. The minimum Gasteiger partial charge on any atom is -0.306 e. The van der Waals surface area contributed by atoms with Crippen molar-refractivity contribution in [2.24, 2.45) is 5.92 Å². The number of amides is 1. The maximum Gasteiger partial charge on any atom is 0.229 e. The number of thiazole rings is 1. The molecule has 2 aromatic rings. The summed E-state index contributed by atoms with van der Waals surface area (Å²) in [5.41, 5.74) is 3.24. The number of benzene rings is 1. The first-order valence-corrected chi connectivity index (χ1v) is 8.52. The lowest BCUT2D eigenvalue weighted by Gasteiger charge is -2.27. The lowest BCUT2D eigenvalue weighted by molar-refractivity contribution is -0.121. The van der Waals surface area contributed by atoms with Gasteiger partial charge in [0.15, 0.2) is 5.13 Å². The van der Waals surface area contributed by atoms with Gasteiger partial charge in [-0.3, -0.25) is 4.79 Å². The number of aryl methyl sites for hydroxylation is 1. The van der Waals surface area contributed by atoms with Gasteiger partial charge < -0.3 is 10.2 Å². The maximum absolute atomic E-state index is 12.3. The number of carbonyl (C=O) groups is 1. The second kappa shape index (κ2) is 6.58. The van der Waals surface area contributed by atoms with Crippen molar-refractivity contribution < 1.29 is 4.79 Å². The Morgan fingerprint density at radius 3 is 2.64 bits per heavy atom. The molecular formula is C17H21N3OS. The van der Waals surface area contributed by atoms with Crippen molar-refractivity contribution in [1.29, 1.82) is 0 Å². The van der Waals surface area contributed by atoms with Gasteiger partial charge in [-0.05, 0) is 39.9 Å².